The molecule has 492 valence electrons. The van der Waals surface area contributed by atoms with Crippen molar-refractivity contribution < 1.29 is 42.9 Å². The summed E-state index contributed by atoms with van der Waals surface area (Å²) in [5, 5.41) is 9.75. The second kappa shape index (κ2) is 66.9. The largest absolute Gasteiger partial charge is 0.477 e. The summed E-state index contributed by atoms with van der Waals surface area (Å²) in [6.45, 7) is 4.63. The van der Waals surface area contributed by atoms with Crippen LogP contribution in [0.5, 0.6) is 0 Å². The number of allylic oxidation sites excluding steroid dienone is 26. The van der Waals surface area contributed by atoms with Crippen molar-refractivity contribution >= 4 is 17.9 Å². The van der Waals surface area contributed by atoms with Gasteiger partial charge in [-0.25, -0.2) is 4.79 Å². The summed E-state index contributed by atoms with van der Waals surface area (Å²) >= 11 is 0. The van der Waals surface area contributed by atoms with Gasteiger partial charge in [0, 0.05) is 12.8 Å². The number of aliphatic carboxylic acids is 1. The highest BCUT2D eigenvalue weighted by atomic mass is 16.7. The van der Waals surface area contributed by atoms with Gasteiger partial charge in [0.1, 0.15) is 13.2 Å². The van der Waals surface area contributed by atoms with Gasteiger partial charge in [0.05, 0.1) is 34.4 Å². The normalized spacial score (nSPS) is 13.7. The molecule has 87 heavy (non-hydrogen) atoms. The number of rotatable bonds is 62. The molecule has 0 aromatic carbocycles. The summed E-state index contributed by atoms with van der Waals surface area (Å²) in [6, 6.07) is 0. The van der Waals surface area contributed by atoms with E-state index in [1.54, 1.807) is 0 Å². The molecule has 0 saturated heterocycles. The van der Waals surface area contributed by atoms with Gasteiger partial charge in [0.2, 0.25) is 0 Å². The van der Waals surface area contributed by atoms with E-state index in [1.165, 1.54) is 96.3 Å². The Morgan fingerprint density at radius 1 is 0.345 bits per heavy atom. The minimum atomic E-state index is -1.52. The number of ether oxygens (including phenoxy) is 4. The molecule has 9 nitrogen and oxygen atoms in total. The van der Waals surface area contributed by atoms with Gasteiger partial charge in [0.25, 0.3) is 6.29 Å². The first kappa shape index (κ1) is 81.9. The zero-order chi connectivity index (χ0) is 63.3. The maximum Gasteiger partial charge on any atom is 0.361 e. The van der Waals surface area contributed by atoms with Crippen LogP contribution in [0.15, 0.2) is 158 Å². The fourth-order valence-corrected chi connectivity index (χ4v) is 9.06. The average Bonchev–Trinajstić information content (AvgIpc) is 3.57. The fraction of sp³-hybridized carbons (Fsp3) is 0.628. The Balaban J connectivity index is 4.19. The summed E-state index contributed by atoms with van der Waals surface area (Å²) < 4.78 is 23.0. The van der Waals surface area contributed by atoms with Crippen LogP contribution in [0, 0.1) is 0 Å². The van der Waals surface area contributed by atoms with Crippen LogP contribution in [0.2, 0.25) is 0 Å². The second-order valence-corrected chi connectivity index (χ2v) is 23.7. The number of esters is 2. The van der Waals surface area contributed by atoms with Crippen LogP contribution in [0.3, 0.4) is 0 Å². The predicted molar refractivity (Wildman–Crippen MR) is 373 cm³/mol. The van der Waals surface area contributed by atoms with Gasteiger partial charge < -0.3 is 28.5 Å². The van der Waals surface area contributed by atoms with Crippen molar-refractivity contribution in [3.8, 4) is 0 Å². The number of quaternary nitrogens is 1. The molecule has 0 amide bonds. The molecule has 0 aromatic heterocycles. The van der Waals surface area contributed by atoms with Crippen molar-refractivity contribution in [2.45, 2.75) is 270 Å². The maximum absolute atomic E-state index is 12.9. The molecule has 0 saturated carbocycles. The van der Waals surface area contributed by atoms with E-state index in [2.05, 4.69) is 172 Å². The third-order valence-electron chi connectivity index (χ3n) is 14.3. The minimum absolute atomic E-state index is 0.177. The van der Waals surface area contributed by atoms with Gasteiger partial charge in [-0.15, -0.1) is 0 Å². The molecule has 2 unspecified atom stereocenters. The molecule has 0 fully saturated rings. The lowest BCUT2D eigenvalue weighted by atomic mass is 10.0. The summed E-state index contributed by atoms with van der Waals surface area (Å²) in [7, 11) is 5.96. The Morgan fingerprint density at radius 3 is 0.920 bits per heavy atom. The minimum Gasteiger partial charge on any atom is -0.477 e. The molecule has 0 aliphatic rings. The molecule has 1 N–H and O–H groups in total. The molecule has 0 rings (SSSR count). The van der Waals surface area contributed by atoms with E-state index in [0.29, 0.717) is 17.4 Å². The molecular formula is C78H128NO8+. The van der Waals surface area contributed by atoms with Crippen LogP contribution in [0.25, 0.3) is 0 Å². The quantitative estimate of drug-likeness (QED) is 0.0211. The molecule has 0 aromatic rings. The number of carboxylic acids is 1. The van der Waals surface area contributed by atoms with Gasteiger partial charge >= 0.3 is 17.9 Å². The highest BCUT2D eigenvalue weighted by Crippen LogP contribution is 2.16. The molecule has 0 aliphatic heterocycles. The molecule has 0 heterocycles. The fourth-order valence-electron chi connectivity index (χ4n) is 9.06. The van der Waals surface area contributed by atoms with E-state index in [9.17, 15) is 19.5 Å². The van der Waals surface area contributed by atoms with Crippen molar-refractivity contribution in [1.82, 2.24) is 0 Å². The molecule has 0 radical (unpaired) electrons. The van der Waals surface area contributed by atoms with E-state index >= 15 is 0 Å². The number of nitrogens with zero attached hydrogens (tertiary/aromatic N) is 1. The zero-order valence-corrected chi connectivity index (χ0v) is 56.1. The lowest BCUT2D eigenvalue weighted by molar-refractivity contribution is -0.870. The zero-order valence-electron chi connectivity index (χ0n) is 56.1. The van der Waals surface area contributed by atoms with Crippen LogP contribution in [0.4, 0.5) is 0 Å². The Hall–Kier alpha value is -5.09. The molecular weight excluding hydrogens is 1080 g/mol. The summed E-state index contributed by atoms with van der Waals surface area (Å²) in [4.78, 5) is 37.6. The summed E-state index contributed by atoms with van der Waals surface area (Å²) in [5.74, 6) is -2.03. The van der Waals surface area contributed by atoms with Crippen LogP contribution >= 0.6 is 0 Å². The molecule has 2 atom stereocenters. The number of unbranched alkanes of at least 4 members (excludes halogenated alkanes) is 21. The number of carboxylic acid groups (broad SMARTS) is 1. The average molecular weight is 1210 g/mol. The Labute approximate surface area is 534 Å². The number of likely N-dealkylation sites (N-methyl/N-ethyl adjacent to an activating group) is 1. The van der Waals surface area contributed by atoms with Crippen molar-refractivity contribution in [1.29, 1.82) is 0 Å². The van der Waals surface area contributed by atoms with Gasteiger partial charge in [-0.1, -0.05) is 281 Å². The first-order valence-electron chi connectivity index (χ1n) is 34.6. The van der Waals surface area contributed by atoms with E-state index in [-0.39, 0.29) is 38.6 Å². The Bertz CT molecular complexity index is 1990. The third kappa shape index (κ3) is 68.3. The van der Waals surface area contributed by atoms with E-state index in [1.807, 2.05) is 21.1 Å². The highest BCUT2D eigenvalue weighted by Gasteiger charge is 2.25. The first-order chi connectivity index (χ1) is 42.6. The maximum atomic E-state index is 12.9. The Kier molecular flexibility index (Phi) is 62.9. The van der Waals surface area contributed by atoms with Crippen LogP contribution in [-0.4, -0.2) is 87.4 Å². The van der Waals surface area contributed by atoms with Crippen molar-refractivity contribution in [2.75, 3.05) is 47.5 Å². The first-order valence-corrected chi connectivity index (χ1v) is 34.6. The second-order valence-electron chi connectivity index (χ2n) is 23.7. The monoisotopic (exact) mass is 1210 g/mol. The summed E-state index contributed by atoms with van der Waals surface area (Å²) in [6.07, 6.45) is 96.3. The number of carbonyl (C=O) groups is 3. The molecule has 0 bridgehead atoms. The van der Waals surface area contributed by atoms with Crippen LogP contribution < -0.4 is 0 Å². The lowest BCUT2D eigenvalue weighted by Gasteiger charge is -2.25. The predicted octanol–water partition coefficient (Wildman–Crippen LogP) is 21.7. The van der Waals surface area contributed by atoms with E-state index in [0.717, 1.165) is 128 Å². The Morgan fingerprint density at radius 2 is 0.621 bits per heavy atom. The van der Waals surface area contributed by atoms with Crippen molar-refractivity contribution in [3.05, 3.63) is 158 Å². The lowest BCUT2D eigenvalue weighted by Crippen LogP contribution is -2.40. The van der Waals surface area contributed by atoms with Crippen molar-refractivity contribution in [2.24, 2.45) is 0 Å². The standard InChI is InChI=1S/C78H127NO8/c1-6-8-10-12-14-16-18-20-22-24-26-28-30-32-34-36-37-38-39-41-42-44-46-48-50-52-54-56-58-60-62-64-66-68-75(80)85-72-74(73-86-78(77(82)83)84-71-70-79(3,4)5)87-76(81)69-67-65-63-61-59-57-55-53-51-49-47-45-43-40-35-33-31-29-27-25-23-21-19-17-15-13-11-9-7-2/h8-11,14-17,20-23,26-29,32-35,37-38,43,45,49,51,74,78H,6-7,12-13,18-19,24-25,30-31,36,39-42,44,46-48,50,52-73H2,1-5H3/p+1/b10-8-,11-9-,16-14-,17-15-,22-20-,23-21-,28-26-,29-27-,34-32-,35-33-,38-37-,45-43-,51-49-. The highest BCUT2D eigenvalue weighted by molar-refractivity contribution is 5.71. The number of hydrogen-bond acceptors (Lipinski definition) is 7. The molecule has 0 spiro atoms. The van der Waals surface area contributed by atoms with Crippen LogP contribution in [-0.2, 0) is 33.3 Å². The van der Waals surface area contributed by atoms with Crippen LogP contribution in [0.1, 0.15) is 258 Å². The summed E-state index contributed by atoms with van der Waals surface area (Å²) in [5.41, 5.74) is 0. The molecule has 0 aliphatic carbocycles. The van der Waals surface area contributed by atoms with E-state index < -0.39 is 24.3 Å². The number of hydrogen-bond donors (Lipinski definition) is 1. The smallest absolute Gasteiger partial charge is 0.361 e. The SMILES string of the molecule is CC/C=C\C/C=C\C/C=C\C/C=C\C/C=C\C/C=C\C/C=C\CCCCCCCCCC(=O)OC(COC(=O)CCCCCCCCCCCCCCCC/C=C\C/C=C\C/C=C\C/C=C\C/C=C\C/C=C\CC)COC(OCC[N+](C)(C)C)C(=O)O. The number of carbonyl (C=O) groups excluding carboxylic acids is 2. The van der Waals surface area contributed by atoms with E-state index in [4.69, 9.17) is 18.9 Å². The van der Waals surface area contributed by atoms with Gasteiger partial charge in [-0.2, -0.15) is 0 Å². The van der Waals surface area contributed by atoms with Gasteiger partial charge in [-0.05, 0) is 122 Å². The third-order valence-corrected chi connectivity index (χ3v) is 14.3. The van der Waals surface area contributed by atoms with Crippen molar-refractivity contribution in [3.63, 3.8) is 0 Å². The van der Waals surface area contributed by atoms with Gasteiger partial charge in [0.15, 0.2) is 6.10 Å². The topological polar surface area (TPSA) is 108 Å². The molecule has 9 heteroatoms. The van der Waals surface area contributed by atoms with Gasteiger partial charge in [-0.3, -0.25) is 9.59 Å².